The fourth-order valence-electron chi connectivity index (χ4n) is 1.93. The topological polar surface area (TPSA) is 81.2 Å². The lowest BCUT2D eigenvalue weighted by Gasteiger charge is -2.20. The number of aliphatic hydroxyl groups is 2. The molecule has 0 saturated carbocycles. The van der Waals surface area contributed by atoms with Gasteiger partial charge in [-0.15, -0.1) is 0 Å². The number of H-pyrrole nitrogens is 1. The highest BCUT2D eigenvalue weighted by Crippen LogP contribution is 2.28. The molecule has 18 heavy (non-hydrogen) atoms. The van der Waals surface area contributed by atoms with Gasteiger partial charge in [0.25, 0.3) is 0 Å². The molecule has 2 rings (SSSR count). The van der Waals surface area contributed by atoms with Crippen LogP contribution >= 0.6 is 0 Å². The Morgan fingerprint density at radius 3 is 2.72 bits per heavy atom. The van der Waals surface area contributed by atoms with E-state index in [9.17, 15) is 10.2 Å². The first-order valence-corrected chi connectivity index (χ1v) is 5.83. The van der Waals surface area contributed by atoms with Crippen LogP contribution in [0.4, 0.5) is 0 Å². The van der Waals surface area contributed by atoms with Crippen molar-refractivity contribution in [2.24, 2.45) is 0 Å². The molecule has 2 atom stereocenters. The van der Waals surface area contributed by atoms with Crippen molar-refractivity contribution < 1.29 is 10.2 Å². The second-order valence-corrected chi connectivity index (χ2v) is 4.13. The van der Waals surface area contributed by atoms with Crippen molar-refractivity contribution in [3.05, 3.63) is 42.1 Å². The number of hydrogen-bond acceptors (Lipinski definition) is 4. The van der Waals surface area contributed by atoms with E-state index in [0.717, 1.165) is 11.3 Å². The van der Waals surface area contributed by atoms with Gasteiger partial charge in [-0.05, 0) is 18.7 Å². The fraction of sp³-hybridized carbons (Fsp3) is 0.308. The van der Waals surface area contributed by atoms with Crippen molar-refractivity contribution in [3.8, 4) is 11.3 Å². The lowest BCUT2D eigenvalue weighted by molar-refractivity contribution is 0.0205. The molecule has 0 spiro atoms. The summed E-state index contributed by atoms with van der Waals surface area (Å²) in [6.45, 7) is 0.332. The SMILES string of the molecule is CNCC(O)C(O)c1ccccc1-c1ccn[nH]1. The van der Waals surface area contributed by atoms with Gasteiger partial charge in [-0.3, -0.25) is 5.10 Å². The number of hydrogen-bond donors (Lipinski definition) is 4. The summed E-state index contributed by atoms with van der Waals surface area (Å²) in [4.78, 5) is 0. The minimum atomic E-state index is -0.933. The molecular weight excluding hydrogens is 230 g/mol. The highest BCUT2D eigenvalue weighted by molar-refractivity contribution is 5.63. The molecule has 5 heteroatoms. The highest BCUT2D eigenvalue weighted by Gasteiger charge is 2.21. The first kappa shape index (κ1) is 12.8. The molecule has 5 nitrogen and oxygen atoms in total. The van der Waals surface area contributed by atoms with E-state index >= 15 is 0 Å². The predicted molar refractivity (Wildman–Crippen MR) is 68.9 cm³/mol. The summed E-state index contributed by atoms with van der Waals surface area (Å²) in [5.41, 5.74) is 2.35. The third-order valence-electron chi connectivity index (χ3n) is 2.85. The van der Waals surface area contributed by atoms with Crippen LogP contribution < -0.4 is 5.32 Å². The molecule has 0 saturated heterocycles. The van der Waals surface area contributed by atoms with Gasteiger partial charge in [-0.1, -0.05) is 24.3 Å². The third kappa shape index (κ3) is 2.59. The molecule has 0 amide bonds. The van der Waals surface area contributed by atoms with Crippen LogP contribution in [0.1, 0.15) is 11.7 Å². The zero-order valence-corrected chi connectivity index (χ0v) is 10.2. The summed E-state index contributed by atoms with van der Waals surface area (Å²) < 4.78 is 0. The quantitative estimate of drug-likeness (QED) is 0.626. The Morgan fingerprint density at radius 2 is 2.06 bits per heavy atom. The molecule has 0 fully saturated rings. The van der Waals surface area contributed by atoms with Crippen molar-refractivity contribution in [2.45, 2.75) is 12.2 Å². The van der Waals surface area contributed by atoms with E-state index in [1.165, 1.54) is 0 Å². The molecule has 0 aliphatic heterocycles. The minimum Gasteiger partial charge on any atom is -0.389 e. The molecule has 0 bridgehead atoms. The molecule has 2 unspecified atom stereocenters. The van der Waals surface area contributed by atoms with Gasteiger partial charge in [0, 0.05) is 18.3 Å². The normalized spacial score (nSPS) is 14.4. The number of aliphatic hydroxyl groups excluding tert-OH is 2. The zero-order chi connectivity index (χ0) is 13.0. The van der Waals surface area contributed by atoms with Gasteiger partial charge < -0.3 is 15.5 Å². The van der Waals surface area contributed by atoms with Gasteiger partial charge in [0.1, 0.15) is 6.10 Å². The summed E-state index contributed by atoms with van der Waals surface area (Å²) in [6.07, 6.45) is -0.126. The Morgan fingerprint density at radius 1 is 1.28 bits per heavy atom. The van der Waals surface area contributed by atoms with Crippen molar-refractivity contribution in [2.75, 3.05) is 13.6 Å². The minimum absolute atomic E-state index is 0.332. The number of aromatic nitrogens is 2. The molecule has 4 N–H and O–H groups in total. The Bertz CT molecular complexity index is 485. The maximum Gasteiger partial charge on any atom is 0.107 e. The molecular formula is C13H17N3O2. The maximum atomic E-state index is 10.2. The summed E-state index contributed by atoms with van der Waals surface area (Å²) in [6, 6.07) is 9.25. The van der Waals surface area contributed by atoms with Crippen molar-refractivity contribution in [1.29, 1.82) is 0 Å². The van der Waals surface area contributed by atoms with E-state index in [1.54, 1.807) is 19.3 Å². The number of nitrogens with zero attached hydrogens (tertiary/aromatic N) is 1. The Kier molecular flexibility index (Phi) is 4.09. The molecule has 0 aliphatic rings. The predicted octanol–water partition coefficient (Wildman–Crippen LogP) is 0.690. The summed E-state index contributed by atoms with van der Waals surface area (Å²) in [5.74, 6) is 0. The average Bonchev–Trinajstić information content (AvgIpc) is 2.92. The third-order valence-corrected chi connectivity index (χ3v) is 2.85. The number of aromatic amines is 1. The van der Waals surface area contributed by atoms with Gasteiger partial charge in [0.05, 0.1) is 11.8 Å². The monoisotopic (exact) mass is 247 g/mol. The van der Waals surface area contributed by atoms with Crippen molar-refractivity contribution >= 4 is 0 Å². The van der Waals surface area contributed by atoms with E-state index in [-0.39, 0.29) is 0 Å². The highest BCUT2D eigenvalue weighted by atomic mass is 16.3. The van der Waals surface area contributed by atoms with Gasteiger partial charge in [0.15, 0.2) is 0 Å². The van der Waals surface area contributed by atoms with Crippen LogP contribution in [0.15, 0.2) is 36.5 Å². The van der Waals surface area contributed by atoms with E-state index in [1.807, 2.05) is 24.3 Å². The van der Waals surface area contributed by atoms with Crippen LogP contribution in [0.3, 0.4) is 0 Å². The largest absolute Gasteiger partial charge is 0.389 e. The number of rotatable bonds is 5. The summed E-state index contributed by atoms with van der Waals surface area (Å²) in [7, 11) is 1.73. The van der Waals surface area contributed by atoms with Crippen molar-refractivity contribution in [1.82, 2.24) is 15.5 Å². The lowest BCUT2D eigenvalue weighted by atomic mass is 9.97. The molecule has 96 valence electrons. The molecule has 2 aromatic rings. The molecule has 0 radical (unpaired) electrons. The van der Waals surface area contributed by atoms with Crippen LogP contribution in [0.5, 0.6) is 0 Å². The van der Waals surface area contributed by atoms with E-state index < -0.39 is 12.2 Å². The smallest absolute Gasteiger partial charge is 0.107 e. The van der Waals surface area contributed by atoms with Crippen LogP contribution in [0, 0.1) is 0 Å². The van der Waals surface area contributed by atoms with Crippen molar-refractivity contribution in [3.63, 3.8) is 0 Å². The first-order chi connectivity index (χ1) is 8.74. The van der Waals surface area contributed by atoms with Crippen LogP contribution in [0.2, 0.25) is 0 Å². The molecule has 1 aromatic heterocycles. The van der Waals surface area contributed by atoms with Gasteiger partial charge in [0.2, 0.25) is 0 Å². The maximum absolute atomic E-state index is 10.2. The second kappa shape index (κ2) is 5.77. The standard InChI is InChI=1S/C13H17N3O2/c1-14-8-12(17)13(18)10-5-3-2-4-9(10)11-6-7-15-16-11/h2-7,12-14,17-18H,8H2,1H3,(H,15,16). The van der Waals surface area contributed by atoms with Gasteiger partial charge >= 0.3 is 0 Å². The van der Waals surface area contributed by atoms with Crippen LogP contribution in [-0.2, 0) is 0 Å². The zero-order valence-electron chi connectivity index (χ0n) is 10.2. The first-order valence-electron chi connectivity index (χ1n) is 5.83. The lowest BCUT2D eigenvalue weighted by Crippen LogP contribution is -2.29. The van der Waals surface area contributed by atoms with E-state index in [0.29, 0.717) is 12.1 Å². The summed E-state index contributed by atoms with van der Waals surface area (Å²) >= 11 is 0. The van der Waals surface area contributed by atoms with Crippen LogP contribution in [0.25, 0.3) is 11.3 Å². The second-order valence-electron chi connectivity index (χ2n) is 4.13. The Hall–Kier alpha value is -1.69. The summed E-state index contributed by atoms with van der Waals surface area (Å²) in [5, 5.41) is 29.6. The number of benzene rings is 1. The van der Waals surface area contributed by atoms with Gasteiger partial charge in [-0.2, -0.15) is 5.10 Å². The molecule has 1 heterocycles. The van der Waals surface area contributed by atoms with Gasteiger partial charge in [-0.25, -0.2) is 0 Å². The fourth-order valence-corrected chi connectivity index (χ4v) is 1.93. The average molecular weight is 247 g/mol. The number of nitrogens with one attached hydrogen (secondary N) is 2. The number of likely N-dealkylation sites (N-methyl/N-ethyl adjacent to an activating group) is 1. The van der Waals surface area contributed by atoms with E-state index in [2.05, 4.69) is 15.5 Å². The molecule has 1 aromatic carbocycles. The molecule has 0 aliphatic carbocycles. The Balaban J connectivity index is 2.33. The Labute approximate surface area is 105 Å². The van der Waals surface area contributed by atoms with Crippen LogP contribution in [-0.4, -0.2) is 40.1 Å². The van der Waals surface area contributed by atoms with E-state index in [4.69, 9.17) is 0 Å².